The van der Waals surface area contributed by atoms with E-state index < -0.39 is 0 Å². The van der Waals surface area contributed by atoms with E-state index in [1.807, 2.05) is 6.08 Å². The van der Waals surface area contributed by atoms with Gasteiger partial charge in [0.1, 0.15) is 5.78 Å². The summed E-state index contributed by atoms with van der Waals surface area (Å²) in [4.78, 5) is 15.2. The molecule has 66 valence electrons. The van der Waals surface area contributed by atoms with E-state index in [0.717, 1.165) is 18.6 Å². The lowest BCUT2D eigenvalue weighted by Gasteiger charge is -2.11. The largest absolute Gasteiger partial charge is 0.310 e. The molecule has 0 saturated heterocycles. The van der Waals surface area contributed by atoms with Crippen molar-refractivity contribution in [3.63, 3.8) is 0 Å². The Hall–Kier alpha value is -0.960. The van der Waals surface area contributed by atoms with Crippen molar-refractivity contribution in [1.29, 1.82) is 0 Å². The molecule has 12 heavy (non-hydrogen) atoms. The molecule has 0 aliphatic carbocycles. The second-order valence-corrected chi connectivity index (χ2v) is 2.94. The lowest BCUT2D eigenvalue weighted by atomic mass is 10.1. The number of Topliss-reactive ketones (excluding diaryl/α,β-unsaturated/α-hetero) is 1. The first-order chi connectivity index (χ1) is 5.74. The minimum Gasteiger partial charge on any atom is -0.310 e. The molecule has 3 nitrogen and oxygen atoms in total. The first-order valence-electron chi connectivity index (χ1n) is 4.12. The number of rotatable bonds is 4. The van der Waals surface area contributed by atoms with Crippen LogP contribution in [0.3, 0.4) is 0 Å². The smallest absolute Gasteiger partial charge is 0.147 e. The van der Waals surface area contributed by atoms with E-state index in [-0.39, 0.29) is 11.8 Å². The predicted octanol–water partition coefficient (Wildman–Crippen LogP) is 0.912. The zero-order valence-electron chi connectivity index (χ0n) is 7.50. The Morgan fingerprint density at radius 2 is 2.58 bits per heavy atom. The van der Waals surface area contributed by atoms with Gasteiger partial charge in [-0.25, -0.2) is 0 Å². The summed E-state index contributed by atoms with van der Waals surface area (Å²) in [5.41, 5.74) is 1.09. The van der Waals surface area contributed by atoms with Crippen LogP contribution in [0.4, 0.5) is 0 Å². The number of nitrogens with one attached hydrogen (secondary N) is 1. The van der Waals surface area contributed by atoms with Crippen LogP contribution < -0.4 is 5.32 Å². The van der Waals surface area contributed by atoms with Gasteiger partial charge in [0, 0.05) is 24.8 Å². The van der Waals surface area contributed by atoms with Crippen molar-refractivity contribution in [3.05, 3.63) is 12.3 Å². The highest BCUT2D eigenvalue weighted by molar-refractivity contribution is 5.93. The molecule has 0 aromatic carbocycles. The topological polar surface area (TPSA) is 41.5 Å². The molecule has 0 fully saturated rings. The molecule has 0 amide bonds. The fourth-order valence-electron chi connectivity index (χ4n) is 1.22. The minimum absolute atomic E-state index is 0.0661. The number of likely N-dealkylation sites (N-methyl/N-ethyl adjacent to an activating group) is 1. The van der Waals surface area contributed by atoms with Crippen LogP contribution in [0.2, 0.25) is 0 Å². The molecule has 0 bridgehead atoms. The Kier molecular flexibility index (Phi) is 3.17. The van der Waals surface area contributed by atoms with Gasteiger partial charge in [0.2, 0.25) is 0 Å². The summed E-state index contributed by atoms with van der Waals surface area (Å²) in [6.45, 7) is 1.60. The van der Waals surface area contributed by atoms with Crippen molar-refractivity contribution in [2.24, 2.45) is 4.99 Å². The molecule has 0 radical (unpaired) electrons. The standard InChI is InChI=1S/C9H14N2O/c1-7(12)9(10-2)6-8-4-3-5-11-8/h3,5,9-10H,4,6H2,1-2H3. The van der Waals surface area contributed by atoms with E-state index in [0.29, 0.717) is 0 Å². The van der Waals surface area contributed by atoms with Gasteiger partial charge in [0.25, 0.3) is 0 Å². The minimum atomic E-state index is -0.0661. The third kappa shape index (κ3) is 2.27. The lowest BCUT2D eigenvalue weighted by molar-refractivity contribution is -0.118. The van der Waals surface area contributed by atoms with E-state index >= 15 is 0 Å². The molecule has 1 N–H and O–H groups in total. The fraction of sp³-hybridized carbons (Fsp3) is 0.556. The van der Waals surface area contributed by atoms with Gasteiger partial charge < -0.3 is 5.32 Å². The van der Waals surface area contributed by atoms with Crippen molar-refractivity contribution < 1.29 is 4.79 Å². The molecule has 1 rings (SSSR count). The van der Waals surface area contributed by atoms with Crippen LogP contribution in [-0.2, 0) is 4.79 Å². The summed E-state index contributed by atoms with van der Waals surface area (Å²) < 4.78 is 0. The van der Waals surface area contributed by atoms with Crippen molar-refractivity contribution in [3.8, 4) is 0 Å². The van der Waals surface area contributed by atoms with E-state index in [1.165, 1.54) is 0 Å². The molecule has 0 aromatic heterocycles. The molecule has 1 aliphatic heterocycles. The van der Waals surface area contributed by atoms with Crippen LogP contribution in [0.1, 0.15) is 19.8 Å². The quantitative estimate of drug-likeness (QED) is 0.674. The van der Waals surface area contributed by atoms with Crippen molar-refractivity contribution in [2.45, 2.75) is 25.8 Å². The molecule has 0 aromatic rings. The summed E-state index contributed by atoms with van der Waals surface area (Å²) in [7, 11) is 1.80. The number of aliphatic imine (C=N–C) groups is 1. The van der Waals surface area contributed by atoms with Crippen molar-refractivity contribution in [1.82, 2.24) is 5.32 Å². The monoisotopic (exact) mass is 166 g/mol. The van der Waals surface area contributed by atoms with Gasteiger partial charge in [-0.05, 0) is 14.0 Å². The fourth-order valence-corrected chi connectivity index (χ4v) is 1.22. The molecule has 0 spiro atoms. The van der Waals surface area contributed by atoms with Crippen LogP contribution >= 0.6 is 0 Å². The normalized spacial score (nSPS) is 17.7. The Morgan fingerprint density at radius 1 is 1.83 bits per heavy atom. The van der Waals surface area contributed by atoms with E-state index in [4.69, 9.17) is 0 Å². The summed E-state index contributed by atoms with van der Waals surface area (Å²) in [5, 5.41) is 2.97. The second kappa shape index (κ2) is 4.16. The summed E-state index contributed by atoms with van der Waals surface area (Å²) in [5.74, 6) is 0.173. The Balaban J connectivity index is 2.43. The van der Waals surface area contributed by atoms with Gasteiger partial charge in [0.05, 0.1) is 6.04 Å². The zero-order valence-corrected chi connectivity index (χ0v) is 7.50. The summed E-state index contributed by atoms with van der Waals surface area (Å²) >= 11 is 0. The van der Waals surface area contributed by atoms with Gasteiger partial charge in [-0.2, -0.15) is 0 Å². The molecule has 1 aliphatic rings. The number of carbonyl (C=O) groups is 1. The highest BCUT2D eigenvalue weighted by Crippen LogP contribution is 2.06. The maximum atomic E-state index is 11.0. The Bertz CT molecular complexity index is 231. The SMILES string of the molecule is CNC(CC1=NC=CC1)C(C)=O. The highest BCUT2D eigenvalue weighted by Gasteiger charge is 2.14. The first kappa shape index (κ1) is 9.13. The van der Waals surface area contributed by atoms with E-state index in [2.05, 4.69) is 10.3 Å². The number of hydrogen-bond donors (Lipinski definition) is 1. The van der Waals surface area contributed by atoms with Crippen LogP contribution in [0.25, 0.3) is 0 Å². The Labute approximate surface area is 72.6 Å². The number of allylic oxidation sites excluding steroid dienone is 1. The Morgan fingerprint density at radius 3 is 3.00 bits per heavy atom. The van der Waals surface area contributed by atoms with Crippen LogP contribution in [0, 0.1) is 0 Å². The van der Waals surface area contributed by atoms with Crippen molar-refractivity contribution >= 4 is 11.5 Å². The maximum absolute atomic E-state index is 11.0. The van der Waals surface area contributed by atoms with Gasteiger partial charge in [-0.1, -0.05) is 6.08 Å². The van der Waals surface area contributed by atoms with Gasteiger partial charge >= 0.3 is 0 Å². The molecule has 1 unspecified atom stereocenters. The molecular formula is C9H14N2O. The first-order valence-corrected chi connectivity index (χ1v) is 4.12. The number of nitrogens with zero attached hydrogens (tertiary/aromatic N) is 1. The summed E-state index contributed by atoms with van der Waals surface area (Å²) in [6, 6.07) is -0.0661. The van der Waals surface area contributed by atoms with Gasteiger partial charge in [-0.3, -0.25) is 9.79 Å². The number of hydrogen-bond acceptors (Lipinski definition) is 3. The van der Waals surface area contributed by atoms with Gasteiger partial charge in [0.15, 0.2) is 0 Å². The zero-order chi connectivity index (χ0) is 8.97. The molecule has 1 heterocycles. The molecule has 3 heteroatoms. The summed E-state index contributed by atoms with van der Waals surface area (Å²) in [6.07, 6.45) is 5.43. The number of ketones is 1. The molecule has 1 atom stereocenters. The molecular weight excluding hydrogens is 152 g/mol. The average molecular weight is 166 g/mol. The van der Waals surface area contributed by atoms with E-state index in [9.17, 15) is 4.79 Å². The highest BCUT2D eigenvalue weighted by atomic mass is 16.1. The average Bonchev–Trinajstić information content (AvgIpc) is 2.51. The van der Waals surface area contributed by atoms with Gasteiger partial charge in [-0.15, -0.1) is 0 Å². The predicted molar refractivity (Wildman–Crippen MR) is 49.3 cm³/mol. The second-order valence-electron chi connectivity index (χ2n) is 2.94. The van der Waals surface area contributed by atoms with Crippen molar-refractivity contribution in [2.75, 3.05) is 7.05 Å². The third-order valence-electron chi connectivity index (χ3n) is 1.99. The van der Waals surface area contributed by atoms with Crippen LogP contribution in [0.5, 0.6) is 0 Å². The van der Waals surface area contributed by atoms with Crippen LogP contribution in [-0.4, -0.2) is 24.6 Å². The van der Waals surface area contributed by atoms with Crippen LogP contribution in [0.15, 0.2) is 17.3 Å². The third-order valence-corrected chi connectivity index (χ3v) is 1.99. The number of carbonyl (C=O) groups excluding carboxylic acids is 1. The maximum Gasteiger partial charge on any atom is 0.147 e. The lowest BCUT2D eigenvalue weighted by Crippen LogP contribution is -2.34. The molecule has 0 saturated carbocycles. The van der Waals surface area contributed by atoms with E-state index in [1.54, 1.807) is 20.2 Å².